The van der Waals surface area contributed by atoms with Gasteiger partial charge < -0.3 is 9.15 Å². The topological polar surface area (TPSA) is 39.6 Å². The summed E-state index contributed by atoms with van der Waals surface area (Å²) in [4.78, 5) is 7.28. The van der Waals surface area contributed by atoms with Gasteiger partial charge in [-0.2, -0.15) is 0 Å². The van der Waals surface area contributed by atoms with Crippen LogP contribution in [-0.2, 0) is 11.3 Å². The quantitative estimate of drug-likeness (QED) is 0.785. The summed E-state index contributed by atoms with van der Waals surface area (Å²) < 4.78 is 23.7. The van der Waals surface area contributed by atoms with Crippen molar-refractivity contribution in [3.63, 3.8) is 0 Å². The van der Waals surface area contributed by atoms with Gasteiger partial charge in [-0.05, 0) is 12.1 Å². The van der Waals surface area contributed by atoms with Crippen molar-refractivity contribution in [2.75, 3.05) is 7.11 Å². The SMILES string of the molecule is [C-]#[N+]c1ccc(/C=C/c2nc(COC)co2)c(F)c1. The van der Waals surface area contributed by atoms with Crippen molar-refractivity contribution in [2.24, 2.45) is 0 Å². The van der Waals surface area contributed by atoms with Crippen LogP contribution in [0.5, 0.6) is 0 Å². The highest BCUT2D eigenvalue weighted by Crippen LogP contribution is 2.19. The molecule has 0 N–H and O–H groups in total. The van der Waals surface area contributed by atoms with E-state index in [1.54, 1.807) is 25.3 Å². The first kappa shape index (κ1) is 13.0. The standard InChI is InChI=1S/C14H11FN2O2/c1-16-11-5-3-10(13(15)7-11)4-6-14-17-12(8-18-2)9-19-14/h3-7,9H,8H2,2H3/b6-4+. The molecule has 19 heavy (non-hydrogen) atoms. The van der Waals surface area contributed by atoms with E-state index in [9.17, 15) is 4.39 Å². The Kier molecular flexibility index (Phi) is 4.06. The molecule has 1 aromatic carbocycles. The molecular formula is C14H11FN2O2. The number of oxazole rings is 1. The summed E-state index contributed by atoms with van der Waals surface area (Å²) in [6.45, 7) is 7.16. The van der Waals surface area contributed by atoms with Crippen LogP contribution in [0.3, 0.4) is 0 Å². The Morgan fingerprint density at radius 1 is 1.47 bits per heavy atom. The zero-order valence-electron chi connectivity index (χ0n) is 10.3. The summed E-state index contributed by atoms with van der Waals surface area (Å²) in [6, 6.07) is 4.29. The fraction of sp³-hybridized carbons (Fsp3) is 0.143. The van der Waals surface area contributed by atoms with Crippen molar-refractivity contribution in [2.45, 2.75) is 6.61 Å². The van der Waals surface area contributed by atoms with E-state index < -0.39 is 5.82 Å². The maximum Gasteiger partial charge on any atom is 0.218 e. The lowest BCUT2D eigenvalue weighted by atomic mass is 10.2. The molecule has 0 amide bonds. The fourth-order valence-corrected chi connectivity index (χ4v) is 1.50. The summed E-state index contributed by atoms with van der Waals surface area (Å²) in [6.07, 6.45) is 4.60. The fourth-order valence-electron chi connectivity index (χ4n) is 1.50. The van der Waals surface area contributed by atoms with Crippen molar-refractivity contribution in [3.8, 4) is 0 Å². The normalized spacial score (nSPS) is 10.8. The summed E-state index contributed by atoms with van der Waals surface area (Å²) >= 11 is 0. The number of rotatable bonds is 4. The molecule has 5 heteroatoms. The Labute approximate surface area is 110 Å². The maximum atomic E-state index is 13.6. The number of hydrogen-bond donors (Lipinski definition) is 0. The third-order valence-corrected chi connectivity index (χ3v) is 2.38. The van der Waals surface area contributed by atoms with Gasteiger partial charge in [0.15, 0.2) is 5.69 Å². The largest absolute Gasteiger partial charge is 0.445 e. The molecule has 0 aliphatic carbocycles. The molecule has 96 valence electrons. The number of hydrogen-bond acceptors (Lipinski definition) is 3. The third kappa shape index (κ3) is 3.27. The van der Waals surface area contributed by atoms with Gasteiger partial charge in [-0.3, -0.25) is 0 Å². The zero-order chi connectivity index (χ0) is 13.7. The summed E-state index contributed by atoms with van der Waals surface area (Å²) in [5, 5.41) is 0. The van der Waals surface area contributed by atoms with Crippen LogP contribution in [0.2, 0.25) is 0 Å². The van der Waals surface area contributed by atoms with E-state index in [0.29, 0.717) is 23.8 Å². The molecule has 0 aliphatic heterocycles. The van der Waals surface area contributed by atoms with Gasteiger partial charge in [0.05, 0.1) is 13.2 Å². The second-order valence-electron chi connectivity index (χ2n) is 3.76. The van der Waals surface area contributed by atoms with Crippen molar-refractivity contribution in [1.82, 2.24) is 4.98 Å². The van der Waals surface area contributed by atoms with Crippen LogP contribution < -0.4 is 0 Å². The van der Waals surface area contributed by atoms with Gasteiger partial charge in [-0.1, -0.05) is 12.1 Å². The van der Waals surface area contributed by atoms with Crippen LogP contribution in [-0.4, -0.2) is 12.1 Å². The molecule has 0 radical (unpaired) electrons. The zero-order valence-corrected chi connectivity index (χ0v) is 10.3. The Bertz CT molecular complexity index is 641. The number of methoxy groups -OCH3 is 1. The van der Waals surface area contributed by atoms with E-state index in [4.69, 9.17) is 15.7 Å². The average molecular weight is 258 g/mol. The van der Waals surface area contributed by atoms with E-state index >= 15 is 0 Å². The molecule has 0 fully saturated rings. The lowest BCUT2D eigenvalue weighted by Gasteiger charge is -1.96. The van der Waals surface area contributed by atoms with Crippen LogP contribution in [0.4, 0.5) is 10.1 Å². The minimum Gasteiger partial charge on any atom is -0.445 e. The molecule has 0 saturated carbocycles. The molecule has 0 saturated heterocycles. The Balaban J connectivity index is 2.15. The van der Waals surface area contributed by atoms with Gasteiger partial charge in [-0.15, -0.1) is 0 Å². The molecule has 2 aromatic rings. The van der Waals surface area contributed by atoms with Gasteiger partial charge in [0, 0.05) is 18.7 Å². The predicted octanol–water partition coefficient (Wildman–Crippen LogP) is 3.68. The third-order valence-electron chi connectivity index (χ3n) is 2.38. The highest BCUT2D eigenvalue weighted by Gasteiger charge is 2.02. The van der Waals surface area contributed by atoms with E-state index in [1.807, 2.05) is 0 Å². The van der Waals surface area contributed by atoms with Crippen LogP contribution in [0.1, 0.15) is 17.1 Å². The first-order chi connectivity index (χ1) is 9.22. The van der Waals surface area contributed by atoms with E-state index in [2.05, 4.69) is 9.83 Å². The second-order valence-corrected chi connectivity index (χ2v) is 3.76. The summed E-state index contributed by atoms with van der Waals surface area (Å²) in [5.41, 5.74) is 1.32. The van der Waals surface area contributed by atoms with E-state index in [-0.39, 0.29) is 5.69 Å². The number of benzene rings is 1. The van der Waals surface area contributed by atoms with Gasteiger partial charge >= 0.3 is 0 Å². The van der Waals surface area contributed by atoms with E-state index in [0.717, 1.165) is 0 Å². The predicted molar refractivity (Wildman–Crippen MR) is 68.8 cm³/mol. The average Bonchev–Trinajstić information content (AvgIpc) is 2.85. The minimum atomic E-state index is -0.451. The molecule has 0 aliphatic rings. The van der Waals surface area contributed by atoms with E-state index in [1.165, 1.54) is 18.4 Å². The van der Waals surface area contributed by atoms with Crippen LogP contribution in [0, 0.1) is 12.4 Å². The lowest BCUT2D eigenvalue weighted by Crippen LogP contribution is -1.86. The Hall–Kier alpha value is -2.45. The Morgan fingerprint density at radius 2 is 2.32 bits per heavy atom. The Morgan fingerprint density at radius 3 is 3.00 bits per heavy atom. The summed E-state index contributed by atoms with van der Waals surface area (Å²) in [5.74, 6) is -0.0749. The number of halogens is 1. The molecule has 1 aromatic heterocycles. The molecule has 0 spiro atoms. The molecular weight excluding hydrogens is 247 g/mol. The highest BCUT2D eigenvalue weighted by atomic mass is 19.1. The van der Waals surface area contributed by atoms with Crippen LogP contribution in [0.25, 0.3) is 17.0 Å². The van der Waals surface area contributed by atoms with Crippen LogP contribution >= 0.6 is 0 Å². The van der Waals surface area contributed by atoms with Gasteiger partial charge in [0.25, 0.3) is 0 Å². The monoisotopic (exact) mass is 258 g/mol. The highest BCUT2D eigenvalue weighted by molar-refractivity contribution is 5.67. The molecule has 0 atom stereocenters. The number of nitrogens with zero attached hydrogens (tertiary/aromatic N) is 2. The van der Waals surface area contributed by atoms with Gasteiger partial charge in [0.1, 0.15) is 17.8 Å². The first-order valence-electron chi connectivity index (χ1n) is 5.51. The summed E-state index contributed by atoms with van der Waals surface area (Å²) in [7, 11) is 1.57. The second kappa shape index (κ2) is 5.94. The smallest absolute Gasteiger partial charge is 0.218 e. The number of aromatic nitrogens is 1. The van der Waals surface area contributed by atoms with Crippen molar-refractivity contribution >= 4 is 17.8 Å². The number of ether oxygens (including phenoxy) is 1. The van der Waals surface area contributed by atoms with Crippen LogP contribution in [0.15, 0.2) is 28.9 Å². The minimum absolute atomic E-state index is 0.271. The molecule has 4 nitrogen and oxygen atoms in total. The van der Waals surface area contributed by atoms with Gasteiger partial charge in [0.2, 0.25) is 5.89 Å². The molecule has 2 rings (SSSR count). The first-order valence-corrected chi connectivity index (χ1v) is 5.51. The molecule has 1 heterocycles. The maximum absolute atomic E-state index is 13.6. The van der Waals surface area contributed by atoms with Gasteiger partial charge in [-0.25, -0.2) is 14.2 Å². The van der Waals surface area contributed by atoms with Crippen molar-refractivity contribution in [1.29, 1.82) is 0 Å². The molecule has 0 unspecified atom stereocenters. The van der Waals surface area contributed by atoms with Crippen molar-refractivity contribution < 1.29 is 13.5 Å². The van der Waals surface area contributed by atoms with Crippen molar-refractivity contribution in [3.05, 3.63) is 58.8 Å². The lowest BCUT2D eigenvalue weighted by molar-refractivity contribution is 0.181. The molecule has 0 bridgehead atoms.